The van der Waals surface area contributed by atoms with E-state index in [1.54, 1.807) is 0 Å². The molecule has 2 fully saturated rings. The van der Waals surface area contributed by atoms with Gasteiger partial charge in [-0.3, -0.25) is 4.79 Å². The molecule has 4 atom stereocenters. The van der Waals surface area contributed by atoms with Gasteiger partial charge in [0.2, 0.25) is 5.91 Å². The van der Waals surface area contributed by atoms with Gasteiger partial charge in [0.05, 0.1) is 5.92 Å². The fourth-order valence-corrected chi connectivity index (χ4v) is 3.47. The van der Waals surface area contributed by atoms with Gasteiger partial charge < -0.3 is 16.2 Å². The summed E-state index contributed by atoms with van der Waals surface area (Å²) in [7, 11) is 0. The Morgan fingerprint density at radius 3 is 2.65 bits per heavy atom. The van der Waals surface area contributed by atoms with Crippen molar-refractivity contribution >= 4 is 5.91 Å². The zero-order valence-electron chi connectivity index (χ0n) is 10.4. The Labute approximate surface area is 103 Å². The lowest BCUT2D eigenvalue weighted by Gasteiger charge is -2.27. The van der Waals surface area contributed by atoms with Crippen molar-refractivity contribution in [2.24, 2.45) is 23.5 Å². The van der Waals surface area contributed by atoms with Crippen LogP contribution in [-0.4, -0.2) is 30.2 Å². The van der Waals surface area contributed by atoms with Gasteiger partial charge in [0.1, 0.15) is 0 Å². The molecule has 0 spiro atoms. The first kappa shape index (κ1) is 12.8. The minimum Gasteiger partial charge on any atom is -0.396 e. The average molecular weight is 240 g/mol. The summed E-state index contributed by atoms with van der Waals surface area (Å²) in [4.78, 5) is 12.0. The Morgan fingerprint density at radius 2 is 2.00 bits per heavy atom. The van der Waals surface area contributed by atoms with Crippen molar-refractivity contribution in [1.82, 2.24) is 5.32 Å². The van der Waals surface area contributed by atoms with Gasteiger partial charge in [-0.25, -0.2) is 0 Å². The van der Waals surface area contributed by atoms with E-state index in [0.717, 1.165) is 32.2 Å². The van der Waals surface area contributed by atoms with Gasteiger partial charge in [0, 0.05) is 19.2 Å². The van der Waals surface area contributed by atoms with E-state index in [1.807, 2.05) is 0 Å². The van der Waals surface area contributed by atoms with Crippen LogP contribution in [0.25, 0.3) is 0 Å². The van der Waals surface area contributed by atoms with E-state index in [0.29, 0.717) is 11.8 Å². The van der Waals surface area contributed by atoms with Crippen molar-refractivity contribution in [2.45, 2.75) is 44.6 Å². The van der Waals surface area contributed by atoms with Crippen LogP contribution in [0.4, 0.5) is 0 Å². The first-order valence-electron chi connectivity index (χ1n) is 6.88. The minimum absolute atomic E-state index is 0.0617. The summed E-state index contributed by atoms with van der Waals surface area (Å²) in [6.45, 7) is 0.963. The van der Waals surface area contributed by atoms with E-state index >= 15 is 0 Å². The Hall–Kier alpha value is -0.610. The van der Waals surface area contributed by atoms with E-state index in [1.165, 1.54) is 12.8 Å². The normalized spacial score (nSPS) is 35.2. The third kappa shape index (κ3) is 2.80. The second-order valence-corrected chi connectivity index (χ2v) is 5.51. The molecule has 2 aliphatic carbocycles. The predicted molar refractivity (Wildman–Crippen MR) is 66.2 cm³/mol. The third-order valence-electron chi connectivity index (χ3n) is 4.42. The second kappa shape index (κ2) is 5.83. The number of aliphatic hydroxyl groups is 1. The van der Waals surface area contributed by atoms with Gasteiger partial charge in [-0.05, 0) is 50.4 Å². The van der Waals surface area contributed by atoms with Gasteiger partial charge in [0.15, 0.2) is 0 Å². The van der Waals surface area contributed by atoms with E-state index < -0.39 is 0 Å². The number of carbonyl (C=O) groups excluding carboxylic acids is 1. The maximum absolute atomic E-state index is 12.0. The molecule has 0 saturated heterocycles. The molecule has 2 saturated carbocycles. The highest BCUT2D eigenvalue weighted by molar-refractivity contribution is 5.80. The van der Waals surface area contributed by atoms with Crippen LogP contribution >= 0.6 is 0 Å². The van der Waals surface area contributed by atoms with Crippen LogP contribution in [-0.2, 0) is 4.79 Å². The lowest BCUT2D eigenvalue weighted by Crippen LogP contribution is -2.45. The largest absolute Gasteiger partial charge is 0.396 e. The SMILES string of the molecule is NC1C2CCC(C2)C1C(=O)NCCCCCO. The molecule has 4 unspecified atom stereocenters. The lowest BCUT2D eigenvalue weighted by atomic mass is 9.84. The van der Waals surface area contributed by atoms with Crippen LogP contribution in [0.1, 0.15) is 38.5 Å². The Morgan fingerprint density at radius 1 is 1.24 bits per heavy atom. The van der Waals surface area contributed by atoms with Gasteiger partial charge in [-0.1, -0.05) is 0 Å². The first-order valence-corrected chi connectivity index (χ1v) is 6.88. The molecule has 17 heavy (non-hydrogen) atoms. The van der Waals surface area contributed by atoms with Gasteiger partial charge in [-0.15, -0.1) is 0 Å². The second-order valence-electron chi connectivity index (χ2n) is 5.51. The summed E-state index contributed by atoms with van der Waals surface area (Å²) in [5.74, 6) is 1.35. The standard InChI is InChI=1S/C13H24N2O2/c14-12-10-5-4-9(8-10)11(12)13(17)15-6-2-1-3-7-16/h9-12,16H,1-8,14H2,(H,15,17). The van der Waals surface area contributed by atoms with Crippen LogP contribution in [0.2, 0.25) is 0 Å². The zero-order valence-corrected chi connectivity index (χ0v) is 10.4. The first-order chi connectivity index (χ1) is 8.24. The van der Waals surface area contributed by atoms with E-state index in [9.17, 15) is 4.79 Å². The monoisotopic (exact) mass is 240 g/mol. The number of fused-ring (bicyclic) bond motifs is 2. The van der Waals surface area contributed by atoms with Gasteiger partial charge >= 0.3 is 0 Å². The molecule has 4 heteroatoms. The molecule has 4 nitrogen and oxygen atoms in total. The van der Waals surface area contributed by atoms with Crippen LogP contribution in [0, 0.1) is 17.8 Å². The highest BCUT2D eigenvalue weighted by Crippen LogP contribution is 2.47. The third-order valence-corrected chi connectivity index (χ3v) is 4.42. The van der Waals surface area contributed by atoms with Gasteiger partial charge in [-0.2, -0.15) is 0 Å². The summed E-state index contributed by atoms with van der Waals surface area (Å²) in [5, 5.41) is 11.6. The molecule has 0 aromatic carbocycles. The highest BCUT2D eigenvalue weighted by atomic mass is 16.2. The quantitative estimate of drug-likeness (QED) is 0.596. The van der Waals surface area contributed by atoms with Crippen LogP contribution in [0.3, 0.4) is 0 Å². The molecule has 2 rings (SSSR count). The Kier molecular flexibility index (Phi) is 4.40. The van der Waals surface area contributed by atoms with E-state index in [2.05, 4.69) is 5.32 Å². The van der Waals surface area contributed by atoms with Crippen molar-refractivity contribution in [2.75, 3.05) is 13.2 Å². The summed E-state index contributed by atoms with van der Waals surface area (Å²) < 4.78 is 0. The van der Waals surface area contributed by atoms with Crippen LogP contribution < -0.4 is 11.1 Å². The summed E-state index contributed by atoms with van der Waals surface area (Å²) >= 11 is 0. The number of rotatable bonds is 6. The lowest BCUT2D eigenvalue weighted by molar-refractivity contribution is -0.127. The van der Waals surface area contributed by atoms with Crippen LogP contribution in [0.15, 0.2) is 0 Å². The van der Waals surface area contributed by atoms with E-state index in [-0.39, 0.29) is 24.5 Å². The number of hydrogen-bond donors (Lipinski definition) is 3. The maximum Gasteiger partial charge on any atom is 0.224 e. The molecule has 0 aromatic rings. The number of nitrogens with one attached hydrogen (secondary N) is 1. The Bertz CT molecular complexity index is 268. The topological polar surface area (TPSA) is 75.4 Å². The van der Waals surface area contributed by atoms with Crippen molar-refractivity contribution in [1.29, 1.82) is 0 Å². The summed E-state index contributed by atoms with van der Waals surface area (Å²) in [6, 6.07) is 0.0891. The van der Waals surface area contributed by atoms with Crippen molar-refractivity contribution < 1.29 is 9.90 Å². The number of aliphatic hydroxyl groups excluding tert-OH is 1. The number of hydrogen-bond acceptors (Lipinski definition) is 3. The van der Waals surface area contributed by atoms with Crippen molar-refractivity contribution in [3.8, 4) is 0 Å². The minimum atomic E-state index is 0.0617. The highest BCUT2D eigenvalue weighted by Gasteiger charge is 2.48. The molecular weight excluding hydrogens is 216 g/mol. The zero-order chi connectivity index (χ0) is 12.3. The molecule has 0 aromatic heterocycles. The van der Waals surface area contributed by atoms with Crippen molar-refractivity contribution in [3.05, 3.63) is 0 Å². The molecule has 4 N–H and O–H groups in total. The molecule has 98 valence electrons. The van der Waals surface area contributed by atoms with E-state index in [4.69, 9.17) is 10.8 Å². The summed E-state index contributed by atoms with van der Waals surface area (Å²) in [5.41, 5.74) is 6.12. The smallest absolute Gasteiger partial charge is 0.224 e. The van der Waals surface area contributed by atoms with Crippen molar-refractivity contribution in [3.63, 3.8) is 0 Å². The fraction of sp³-hybridized carbons (Fsp3) is 0.923. The maximum atomic E-state index is 12.0. The molecule has 0 aliphatic heterocycles. The molecule has 0 heterocycles. The fourth-order valence-electron chi connectivity index (χ4n) is 3.47. The van der Waals surface area contributed by atoms with Crippen LogP contribution in [0.5, 0.6) is 0 Å². The molecule has 0 radical (unpaired) electrons. The Balaban J connectivity index is 1.69. The molecule has 1 amide bonds. The summed E-state index contributed by atoms with van der Waals surface area (Å²) in [6.07, 6.45) is 6.29. The number of unbranched alkanes of at least 4 members (excludes halogenated alkanes) is 2. The number of nitrogens with two attached hydrogens (primary N) is 1. The molecule has 2 bridgehead atoms. The average Bonchev–Trinajstić information content (AvgIpc) is 2.89. The number of carbonyl (C=O) groups is 1. The van der Waals surface area contributed by atoms with Gasteiger partial charge in [0.25, 0.3) is 0 Å². The predicted octanol–water partition coefficient (Wildman–Crippen LogP) is 0.639. The molecule has 2 aliphatic rings. The number of amides is 1. The molecular formula is C13H24N2O2.